The van der Waals surface area contributed by atoms with E-state index in [-0.39, 0.29) is 0 Å². The van der Waals surface area contributed by atoms with Gasteiger partial charge in [0.2, 0.25) is 0 Å². The van der Waals surface area contributed by atoms with Crippen LogP contribution in [0, 0.1) is 6.92 Å². The standard InChI is InChI=1S/C15H15BrClNO/c1-10-7-11(3-6-15(10)19-2)9-18-12-4-5-13(16)14(17)8-12/h3-8,18H,9H2,1-2H3. The maximum Gasteiger partial charge on any atom is 0.121 e. The van der Waals surface area contributed by atoms with E-state index in [9.17, 15) is 0 Å². The van der Waals surface area contributed by atoms with Gasteiger partial charge >= 0.3 is 0 Å². The van der Waals surface area contributed by atoms with Crippen molar-refractivity contribution in [2.24, 2.45) is 0 Å². The molecule has 19 heavy (non-hydrogen) atoms. The SMILES string of the molecule is COc1ccc(CNc2ccc(Br)c(Cl)c2)cc1C. The van der Waals surface area contributed by atoms with Gasteiger partial charge in [0, 0.05) is 16.7 Å². The molecule has 0 saturated carbocycles. The molecule has 2 aromatic rings. The van der Waals surface area contributed by atoms with Gasteiger partial charge < -0.3 is 10.1 Å². The van der Waals surface area contributed by atoms with Gasteiger partial charge in [-0.1, -0.05) is 23.7 Å². The molecule has 0 aromatic heterocycles. The van der Waals surface area contributed by atoms with Crippen LogP contribution >= 0.6 is 27.5 Å². The van der Waals surface area contributed by atoms with E-state index >= 15 is 0 Å². The fraction of sp³-hybridized carbons (Fsp3) is 0.200. The van der Waals surface area contributed by atoms with Crippen LogP contribution in [0.25, 0.3) is 0 Å². The molecule has 2 aromatic carbocycles. The van der Waals surface area contributed by atoms with E-state index in [2.05, 4.69) is 33.4 Å². The molecule has 0 aliphatic heterocycles. The highest BCUT2D eigenvalue weighted by Gasteiger charge is 2.01. The Hall–Kier alpha value is -1.19. The van der Waals surface area contributed by atoms with Gasteiger partial charge in [0.15, 0.2) is 0 Å². The van der Waals surface area contributed by atoms with Crippen molar-refractivity contribution in [3.63, 3.8) is 0 Å². The Kier molecular flexibility index (Phi) is 4.72. The Morgan fingerprint density at radius 2 is 2.00 bits per heavy atom. The molecule has 0 bridgehead atoms. The molecule has 0 heterocycles. The van der Waals surface area contributed by atoms with Gasteiger partial charge in [-0.3, -0.25) is 0 Å². The number of benzene rings is 2. The van der Waals surface area contributed by atoms with Gasteiger partial charge in [-0.2, -0.15) is 0 Å². The van der Waals surface area contributed by atoms with Crippen molar-refractivity contribution < 1.29 is 4.74 Å². The van der Waals surface area contributed by atoms with E-state index < -0.39 is 0 Å². The first-order valence-corrected chi connectivity index (χ1v) is 7.09. The third-order valence-electron chi connectivity index (χ3n) is 2.88. The fourth-order valence-electron chi connectivity index (χ4n) is 1.86. The average molecular weight is 341 g/mol. The van der Waals surface area contributed by atoms with Crippen LogP contribution < -0.4 is 10.1 Å². The van der Waals surface area contributed by atoms with Gasteiger partial charge in [-0.05, 0) is 58.2 Å². The summed E-state index contributed by atoms with van der Waals surface area (Å²) in [5, 5.41) is 4.05. The van der Waals surface area contributed by atoms with Crippen LogP contribution in [0.1, 0.15) is 11.1 Å². The van der Waals surface area contributed by atoms with Crippen LogP contribution in [0.3, 0.4) is 0 Å². The minimum absolute atomic E-state index is 0.705. The second kappa shape index (κ2) is 6.31. The molecule has 0 fully saturated rings. The molecule has 0 spiro atoms. The van der Waals surface area contributed by atoms with Gasteiger partial charge in [-0.15, -0.1) is 0 Å². The van der Waals surface area contributed by atoms with E-state index in [4.69, 9.17) is 16.3 Å². The minimum atomic E-state index is 0.705. The van der Waals surface area contributed by atoms with Gasteiger partial charge in [-0.25, -0.2) is 0 Å². The number of ether oxygens (including phenoxy) is 1. The van der Waals surface area contributed by atoms with Crippen molar-refractivity contribution in [2.75, 3.05) is 12.4 Å². The predicted molar refractivity (Wildman–Crippen MR) is 84.2 cm³/mol. The first kappa shape index (κ1) is 14.2. The summed E-state index contributed by atoms with van der Waals surface area (Å²) in [5.41, 5.74) is 3.34. The summed E-state index contributed by atoms with van der Waals surface area (Å²) in [7, 11) is 1.68. The Morgan fingerprint density at radius 1 is 1.21 bits per heavy atom. The van der Waals surface area contributed by atoms with E-state index in [1.165, 1.54) is 5.56 Å². The summed E-state index contributed by atoms with van der Waals surface area (Å²) in [6.07, 6.45) is 0. The number of hydrogen-bond donors (Lipinski definition) is 1. The molecule has 0 amide bonds. The van der Waals surface area contributed by atoms with Gasteiger partial charge in [0.25, 0.3) is 0 Å². The third kappa shape index (κ3) is 3.64. The van der Waals surface area contributed by atoms with Crippen LogP contribution in [0.2, 0.25) is 5.02 Å². The van der Waals surface area contributed by atoms with Crippen molar-refractivity contribution in [3.8, 4) is 5.75 Å². The maximum absolute atomic E-state index is 6.06. The normalized spacial score (nSPS) is 10.3. The van der Waals surface area contributed by atoms with Gasteiger partial charge in [0.05, 0.1) is 12.1 Å². The van der Waals surface area contributed by atoms with E-state index in [0.717, 1.165) is 28.0 Å². The van der Waals surface area contributed by atoms with Crippen LogP contribution in [-0.4, -0.2) is 7.11 Å². The fourth-order valence-corrected chi connectivity index (χ4v) is 2.29. The molecule has 0 radical (unpaired) electrons. The molecular weight excluding hydrogens is 326 g/mol. The average Bonchev–Trinajstić information content (AvgIpc) is 2.40. The third-order valence-corrected chi connectivity index (χ3v) is 4.11. The minimum Gasteiger partial charge on any atom is -0.496 e. The van der Waals surface area contributed by atoms with Crippen molar-refractivity contribution in [1.29, 1.82) is 0 Å². The first-order valence-electron chi connectivity index (χ1n) is 5.92. The lowest BCUT2D eigenvalue weighted by atomic mass is 10.1. The molecule has 2 rings (SSSR count). The molecular formula is C15H15BrClNO. The molecule has 1 N–H and O–H groups in total. The summed E-state index contributed by atoms with van der Waals surface area (Å²) in [6, 6.07) is 12.0. The van der Waals surface area contributed by atoms with Crippen LogP contribution in [0.5, 0.6) is 5.75 Å². The number of methoxy groups -OCH3 is 1. The Balaban J connectivity index is 2.05. The highest BCUT2D eigenvalue weighted by molar-refractivity contribution is 9.10. The Morgan fingerprint density at radius 3 is 2.63 bits per heavy atom. The van der Waals surface area contributed by atoms with Crippen molar-refractivity contribution in [2.45, 2.75) is 13.5 Å². The summed E-state index contributed by atoms with van der Waals surface area (Å²) in [5.74, 6) is 0.912. The Bertz CT molecular complexity index is 586. The zero-order valence-electron chi connectivity index (χ0n) is 10.8. The number of nitrogens with one attached hydrogen (secondary N) is 1. The Labute approximate surface area is 126 Å². The lowest BCUT2D eigenvalue weighted by Crippen LogP contribution is -2.00. The predicted octanol–water partition coefficient (Wildman–Crippen LogP) is 5.03. The van der Waals surface area contributed by atoms with E-state index in [1.54, 1.807) is 7.11 Å². The number of anilines is 1. The largest absolute Gasteiger partial charge is 0.496 e. The molecule has 4 heteroatoms. The summed E-state index contributed by atoms with van der Waals surface area (Å²) in [4.78, 5) is 0. The number of halogens is 2. The smallest absolute Gasteiger partial charge is 0.121 e. The molecule has 2 nitrogen and oxygen atoms in total. The zero-order valence-corrected chi connectivity index (χ0v) is 13.2. The van der Waals surface area contributed by atoms with Crippen LogP contribution in [0.4, 0.5) is 5.69 Å². The second-order valence-corrected chi connectivity index (χ2v) is 5.55. The zero-order chi connectivity index (χ0) is 13.8. The summed E-state index contributed by atoms with van der Waals surface area (Å²) >= 11 is 9.43. The maximum atomic E-state index is 6.06. The molecule has 100 valence electrons. The summed E-state index contributed by atoms with van der Waals surface area (Å²) < 4.78 is 6.15. The van der Waals surface area contributed by atoms with Crippen LogP contribution in [0.15, 0.2) is 40.9 Å². The van der Waals surface area contributed by atoms with Crippen molar-refractivity contribution in [3.05, 3.63) is 57.0 Å². The molecule has 0 aliphatic carbocycles. The highest BCUT2D eigenvalue weighted by atomic mass is 79.9. The number of aryl methyl sites for hydroxylation is 1. The lowest BCUT2D eigenvalue weighted by Gasteiger charge is -2.10. The van der Waals surface area contributed by atoms with E-state index in [0.29, 0.717) is 5.02 Å². The van der Waals surface area contributed by atoms with Crippen molar-refractivity contribution >= 4 is 33.2 Å². The highest BCUT2D eigenvalue weighted by Crippen LogP contribution is 2.26. The molecule has 0 saturated heterocycles. The number of rotatable bonds is 4. The van der Waals surface area contributed by atoms with E-state index in [1.807, 2.05) is 31.2 Å². The molecule has 0 aliphatic rings. The van der Waals surface area contributed by atoms with Gasteiger partial charge in [0.1, 0.15) is 5.75 Å². The topological polar surface area (TPSA) is 21.3 Å². The quantitative estimate of drug-likeness (QED) is 0.842. The monoisotopic (exact) mass is 339 g/mol. The lowest BCUT2D eigenvalue weighted by molar-refractivity contribution is 0.411. The number of hydrogen-bond acceptors (Lipinski definition) is 2. The van der Waals surface area contributed by atoms with Crippen molar-refractivity contribution in [1.82, 2.24) is 0 Å². The summed E-state index contributed by atoms with van der Waals surface area (Å²) in [6.45, 7) is 2.79. The molecule has 0 atom stereocenters. The second-order valence-electron chi connectivity index (χ2n) is 4.29. The van der Waals surface area contributed by atoms with Crippen LogP contribution in [-0.2, 0) is 6.54 Å². The first-order chi connectivity index (χ1) is 9.10. The molecule has 0 unspecified atom stereocenters.